The third-order valence-corrected chi connectivity index (χ3v) is 4.07. The fraction of sp³-hybridized carbons (Fsp3) is 0.318. The average Bonchev–Trinajstić information content (AvgIpc) is 2.71. The Bertz CT molecular complexity index is 874. The molecule has 0 spiro atoms. The van der Waals surface area contributed by atoms with E-state index in [0.29, 0.717) is 22.7 Å². The maximum atomic E-state index is 12.3. The van der Waals surface area contributed by atoms with Crippen LogP contribution in [-0.2, 0) is 9.53 Å². The lowest BCUT2D eigenvalue weighted by atomic mass is 9.95. The summed E-state index contributed by atoms with van der Waals surface area (Å²) < 4.78 is 15.3. The molecule has 0 aliphatic carbocycles. The van der Waals surface area contributed by atoms with Crippen molar-refractivity contribution in [3.05, 3.63) is 53.6 Å². The first kappa shape index (κ1) is 21.9. The van der Waals surface area contributed by atoms with E-state index in [1.54, 1.807) is 30.3 Å². The summed E-state index contributed by atoms with van der Waals surface area (Å²) in [5.41, 5.74) is 0.650. The van der Waals surface area contributed by atoms with Crippen molar-refractivity contribution >= 4 is 23.3 Å². The maximum Gasteiger partial charge on any atom is 0.338 e. The Kier molecular flexibility index (Phi) is 6.98. The summed E-state index contributed by atoms with van der Waals surface area (Å²) in [6, 6.07) is 11.0. The molecule has 0 aromatic heterocycles. The Balaban J connectivity index is 1.98. The van der Waals surface area contributed by atoms with Gasteiger partial charge in [0.15, 0.2) is 12.4 Å². The number of hydrogen-bond acceptors (Lipinski definition) is 6. The van der Waals surface area contributed by atoms with E-state index < -0.39 is 18.0 Å². The third-order valence-electron chi connectivity index (χ3n) is 4.07. The zero-order valence-electron chi connectivity index (χ0n) is 17.2. The lowest BCUT2D eigenvalue weighted by Crippen LogP contribution is -2.27. The standard InChI is InChI=1S/C22H25NO6/c1-22(2,3)21(26)23-16-8-6-14(7-9-16)19(24)13-29-20(25)15-10-17(27-4)12-18(11-15)28-5/h6-12H,13H2,1-5H3,(H,23,26). The van der Waals surface area contributed by atoms with Gasteiger partial charge in [0.25, 0.3) is 0 Å². The van der Waals surface area contributed by atoms with Crippen LogP contribution in [0.15, 0.2) is 42.5 Å². The Hall–Kier alpha value is -3.35. The van der Waals surface area contributed by atoms with E-state index in [1.165, 1.54) is 26.4 Å². The number of Topliss-reactive ketones (excluding diaryl/α,β-unsaturated/α-hetero) is 1. The van der Waals surface area contributed by atoms with Gasteiger partial charge in [-0.05, 0) is 36.4 Å². The van der Waals surface area contributed by atoms with E-state index in [0.717, 1.165) is 0 Å². The van der Waals surface area contributed by atoms with Crippen molar-refractivity contribution in [3.8, 4) is 11.5 Å². The van der Waals surface area contributed by atoms with Crippen LogP contribution in [0, 0.1) is 5.41 Å². The molecule has 0 fully saturated rings. The second-order valence-electron chi connectivity index (χ2n) is 7.38. The minimum absolute atomic E-state index is 0.126. The van der Waals surface area contributed by atoms with Crippen molar-refractivity contribution in [2.24, 2.45) is 5.41 Å². The van der Waals surface area contributed by atoms with Gasteiger partial charge in [0.05, 0.1) is 19.8 Å². The van der Waals surface area contributed by atoms with Gasteiger partial charge in [0, 0.05) is 22.7 Å². The van der Waals surface area contributed by atoms with Crippen LogP contribution in [0.2, 0.25) is 0 Å². The van der Waals surface area contributed by atoms with E-state index in [2.05, 4.69) is 5.32 Å². The van der Waals surface area contributed by atoms with Gasteiger partial charge in [0.2, 0.25) is 5.91 Å². The lowest BCUT2D eigenvalue weighted by Gasteiger charge is -2.17. The molecule has 29 heavy (non-hydrogen) atoms. The fourth-order valence-corrected chi connectivity index (χ4v) is 2.28. The summed E-state index contributed by atoms with van der Waals surface area (Å²) in [6.45, 7) is 5.03. The molecule has 0 aliphatic heterocycles. The molecule has 0 heterocycles. The Morgan fingerprint density at radius 3 is 1.90 bits per heavy atom. The SMILES string of the molecule is COc1cc(OC)cc(C(=O)OCC(=O)c2ccc(NC(=O)C(C)(C)C)cc2)c1. The van der Waals surface area contributed by atoms with Crippen LogP contribution in [0.3, 0.4) is 0 Å². The predicted octanol–water partition coefficient (Wildman–Crippen LogP) is 3.73. The number of ether oxygens (including phenoxy) is 3. The van der Waals surface area contributed by atoms with E-state index in [4.69, 9.17) is 14.2 Å². The van der Waals surface area contributed by atoms with Crippen molar-refractivity contribution in [1.29, 1.82) is 0 Å². The van der Waals surface area contributed by atoms with E-state index in [-0.39, 0.29) is 17.3 Å². The fourth-order valence-electron chi connectivity index (χ4n) is 2.28. The van der Waals surface area contributed by atoms with Gasteiger partial charge in [-0.15, -0.1) is 0 Å². The Morgan fingerprint density at radius 2 is 1.41 bits per heavy atom. The normalized spacial score (nSPS) is 10.8. The first-order valence-electron chi connectivity index (χ1n) is 8.99. The van der Waals surface area contributed by atoms with Gasteiger partial charge in [0.1, 0.15) is 11.5 Å². The molecule has 1 amide bonds. The molecule has 0 saturated heterocycles. The molecule has 2 aromatic rings. The molecule has 1 N–H and O–H groups in total. The van der Waals surface area contributed by atoms with Crippen LogP contribution in [0.5, 0.6) is 11.5 Å². The molecule has 2 rings (SSSR count). The van der Waals surface area contributed by atoms with Crippen LogP contribution >= 0.6 is 0 Å². The van der Waals surface area contributed by atoms with Crippen molar-refractivity contribution in [2.45, 2.75) is 20.8 Å². The van der Waals surface area contributed by atoms with Crippen LogP contribution in [0.25, 0.3) is 0 Å². The Labute approximate surface area is 170 Å². The predicted molar refractivity (Wildman–Crippen MR) is 109 cm³/mol. The van der Waals surface area contributed by atoms with Crippen LogP contribution < -0.4 is 14.8 Å². The molecule has 0 aliphatic rings. The first-order chi connectivity index (χ1) is 13.6. The second kappa shape index (κ2) is 9.23. The molecular weight excluding hydrogens is 374 g/mol. The van der Waals surface area contributed by atoms with E-state index in [1.807, 2.05) is 20.8 Å². The van der Waals surface area contributed by atoms with Gasteiger partial charge in [-0.25, -0.2) is 4.79 Å². The molecule has 0 saturated carbocycles. The molecular formula is C22H25NO6. The number of ketones is 1. The van der Waals surface area contributed by atoms with Gasteiger partial charge < -0.3 is 19.5 Å². The molecule has 7 nitrogen and oxygen atoms in total. The molecule has 0 radical (unpaired) electrons. The highest BCUT2D eigenvalue weighted by Gasteiger charge is 2.21. The summed E-state index contributed by atoms with van der Waals surface area (Å²) >= 11 is 0. The summed E-state index contributed by atoms with van der Waals surface area (Å²) in [5, 5.41) is 2.78. The number of anilines is 1. The van der Waals surface area contributed by atoms with Crippen LogP contribution in [0.4, 0.5) is 5.69 Å². The quantitative estimate of drug-likeness (QED) is 0.564. The summed E-state index contributed by atoms with van der Waals surface area (Å²) in [5.74, 6) is -0.267. The van der Waals surface area contributed by atoms with Crippen LogP contribution in [-0.4, -0.2) is 38.5 Å². The van der Waals surface area contributed by atoms with Gasteiger partial charge >= 0.3 is 5.97 Å². The molecule has 0 unspecified atom stereocenters. The van der Waals surface area contributed by atoms with Crippen LogP contribution in [0.1, 0.15) is 41.5 Å². The largest absolute Gasteiger partial charge is 0.497 e. The minimum atomic E-state index is -0.662. The summed E-state index contributed by atoms with van der Waals surface area (Å²) in [7, 11) is 2.95. The highest BCUT2D eigenvalue weighted by atomic mass is 16.5. The highest BCUT2D eigenvalue weighted by molar-refractivity contribution is 6.00. The summed E-state index contributed by atoms with van der Waals surface area (Å²) in [6.07, 6.45) is 0. The zero-order chi connectivity index (χ0) is 21.6. The minimum Gasteiger partial charge on any atom is -0.497 e. The van der Waals surface area contributed by atoms with Crippen molar-refractivity contribution in [2.75, 3.05) is 26.1 Å². The topological polar surface area (TPSA) is 90.9 Å². The molecule has 154 valence electrons. The third kappa shape index (κ3) is 6.07. The number of rotatable bonds is 7. The molecule has 2 aromatic carbocycles. The number of amides is 1. The number of carbonyl (C=O) groups excluding carboxylic acids is 3. The number of hydrogen-bond donors (Lipinski definition) is 1. The van der Waals surface area contributed by atoms with E-state index in [9.17, 15) is 14.4 Å². The van der Waals surface area contributed by atoms with Gasteiger partial charge in [-0.2, -0.15) is 0 Å². The number of carbonyl (C=O) groups is 3. The van der Waals surface area contributed by atoms with Crippen molar-refractivity contribution in [1.82, 2.24) is 0 Å². The number of methoxy groups -OCH3 is 2. The Morgan fingerprint density at radius 1 is 0.862 bits per heavy atom. The monoisotopic (exact) mass is 399 g/mol. The van der Waals surface area contributed by atoms with Crippen molar-refractivity contribution < 1.29 is 28.6 Å². The smallest absolute Gasteiger partial charge is 0.338 e. The first-order valence-corrected chi connectivity index (χ1v) is 8.99. The van der Waals surface area contributed by atoms with Crippen molar-refractivity contribution in [3.63, 3.8) is 0 Å². The molecule has 0 atom stereocenters. The van der Waals surface area contributed by atoms with Gasteiger partial charge in [-0.1, -0.05) is 20.8 Å². The zero-order valence-corrected chi connectivity index (χ0v) is 17.2. The second-order valence-corrected chi connectivity index (χ2v) is 7.38. The highest BCUT2D eigenvalue weighted by Crippen LogP contribution is 2.23. The number of benzene rings is 2. The maximum absolute atomic E-state index is 12.3. The molecule has 0 bridgehead atoms. The van der Waals surface area contributed by atoms with E-state index >= 15 is 0 Å². The lowest BCUT2D eigenvalue weighted by molar-refractivity contribution is -0.123. The number of esters is 1. The number of nitrogens with one attached hydrogen (secondary N) is 1. The molecule has 7 heteroatoms. The van der Waals surface area contributed by atoms with Gasteiger partial charge in [-0.3, -0.25) is 9.59 Å². The summed E-state index contributed by atoms with van der Waals surface area (Å²) in [4.78, 5) is 36.6. The average molecular weight is 399 g/mol.